The van der Waals surface area contributed by atoms with E-state index in [9.17, 15) is 4.39 Å². The molecule has 0 bridgehead atoms. The van der Waals surface area contributed by atoms with E-state index in [4.69, 9.17) is 0 Å². The summed E-state index contributed by atoms with van der Waals surface area (Å²) in [5.41, 5.74) is 4.29. The van der Waals surface area contributed by atoms with Crippen molar-refractivity contribution >= 4 is 0 Å². The van der Waals surface area contributed by atoms with Crippen LogP contribution in [0.3, 0.4) is 0 Å². The second-order valence-electron chi connectivity index (χ2n) is 4.49. The Labute approximate surface area is 102 Å². The summed E-state index contributed by atoms with van der Waals surface area (Å²) < 4.78 is 15.7. The average Bonchev–Trinajstić information content (AvgIpc) is 2.25. The topological polar surface area (TPSA) is 3.88 Å². The number of hydrogen-bond acceptors (Lipinski definition) is 0. The third-order valence-electron chi connectivity index (χ3n) is 3.01. The van der Waals surface area contributed by atoms with Gasteiger partial charge in [-0.3, -0.25) is 0 Å². The molecule has 1 heterocycles. The Balaban J connectivity index is 2.40. The Morgan fingerprint density at radius 3 is 2.18 bits per heavy atom. The molecule has 17 heavy (non-hydrogen) atoms. The van der Waals surface area contributed by atoms with Crippen molar-refractivity contribution in [1.82, 2.24) is 0 Å². The van der Waals surface area contributed by atoms with Crippen LogP contribution in [-0.4, -0.2) is 0 Å². The molecular weight excluding hydrogens is 213 g/mol. The molecule has 1 nitrogen and oxygen atoms in total. The lowest BCUT2D eigenvalue weighted by Crippen LogP contribution is -2.41. The first-order valence-corrected chi connectivity index (χ1v) is 5.79. The fraction of sp³-hybridized carbons (Fsp3) is 0.267. The highest BCUT2D eigenvalue weighted by atomic mass is 19.1. The zero-order valence-corrected chi connectivity index (χ0v) is 10.5. The highest BCUT2D eigenvalue weighted by Gasteiger charge is 2.14. The Bertz CT molecular complexity index is 523. The normalized spacial score (nSPS) is 10.6. The summed E-state index contributed by atoms with van der Waals surface area (Å²) in [6, 6.07) is 11.2. The van der Waals surface area contributed by atoms with Crippen LogP contribution in [0.1, 0.15) is 22.5 Å². The summed E-state index contributed by atoms with van der Waals surface area (Å²) in [4.78, 5) is 0. The van der Waals surface area contributed by atoms with E-state index in [0.29, 0.717) is 6.54 Å². The highest BCUT2D eigenvalue weighted by molar-refractivity contribution is 5.17. The summed E-state index contributed by atoms with van der Waals surface area (Å²) >= 11 is 0. The Morgan fingerprint density at radius 2 is 1.59 bits per heavy atom. The Morgan fingerprint density at radius 1 is 1.00 bits per heavy atom. The van der Waals surface area contributed by atoms with Crippen LogP contribution in [0.4, 0.5) is 4.39 Å². The van der Waals surface area contributed by atoms with E-state index in [-0.39, 0.29) is 5.82 Å². The van der Waals surface area contributed by atoms with Gasteiger partial charge in [-0.2, -0.15) is 4.57 Å². The van der Waals surface area contributed by atoms with Crippen LogP contribution in [0, 0.1) is 26.6 Å². The van der Waals surface area contributed by atoms with Crippen molar-refractivity contribution in [3.05, 3.63) is 64.7 Å². The lowest BCUT2D eigenvalue weighted by Gasteiger charge is -2.06. The van der Waals surface area contributed by atoms with Gasteiger partial charge in [0.2, 0.25) is 0 Å². The molecule has 0 fully saturated rings. The number of nitrogens with zero attached hydrogens (tertiary/aromatic N) is 1. The number of rotatable bonds is 2. The molecule has 0 N–H and O–H groups in total. The van der Waals surface area contributed by atoms with Crippen molar-refractivity contribution in [2.45, 2.75) is 27.3 Å². The van der Waals surface area contributed by atoms with Crippen molar-refractivity contribution in [2.24, 2.45) is 0 Å². The molecule has 0 atom stereocenters. The van der Waals surface area contributed by atoms with Gasteiger partial charge in [0.1, 0.15) is 5.82 Å². The van der Waals surface area contributed by atoms with Crippen LogP contribution in [-0.2, 0) is 6.54 Å². The third kappa shape index (κ3) is 2.52. The van der Waals surface area contributed by atoms with Gasteiger partial charge in [-0.05, 0) is 24.6 Å². The van der Waals surface area contributed by atoms with E-state index in [1.165, 1.54) is 11.6 Å². The predicted molar refractivity (Wildman–Crippen MR) is 66.4 cm³/mol. The van der Waals surface area contributed by atoms with Crippen molar-refractivity contribution in [3.8, 4) is 0 Å². The average molecular weight is 230 g/mol. The summed E-state index contributed by atoms with van der Waals surface area (Å²) in [5, 5.41) is 0. The van der Waals surface area contributed by atoms with Gasteiger partial charge < -0.3 is 0 Å². The monoisotopic (exact) mass is 230 g/mol. The second kappa shape index (κ2) is 4.66. The maximum absolute atomic E-state index is 13.6. The summed E-state index contributed by atoms with van der Waals surface area (Å²) in [7, 11) is 0. The minimum Gasteiger partial charge on any atom is -0.206 e. The van der Waals surface area contributed by atoms with E-state index in [1.54, 1.807) is 6.07 Å². The third-order valence-corrected chi connectivity index (χ3v) is 3.01. The first-order valence-electron chi connectivity index (χ1n) is 5.79. The van der Waals surface area contributed by atoms with Crippen LogP contribution in [0.5, 0.6) is 0 Å². The minimum absolute atomic E-state index is 0.139. The summed E-state index contributed by atoms with van der Waals surface area (Å²) in [5.74, 6) is -0.139. The van der Waals surface area contributed by atoms with Crippen molar-refractivity contribution in [1.29, 1.82) is 0 Å². The van der Waals surface area contributed by atoms with E-state index < -0.39 is 0 Å². The number of halogens is 1. The first kappa shape index (κ1) is 11.8. The maximum Gasteiger partial charge on any atom is 0.179 e. The molecule has 1 aromatic heterocycles. The highest BCUT2D eigenvalue weighted by Crippen LogP contribution is 2.08. The number of benzene rings is 1. The van der Waals surface area contributed by atoms with Gasteiger partial charge in [-0.25, -0.2) is 4.39 Å². The van der Waals surface area contributed by atoms with Gasteiger partial charge in [0.15, 0.2) is 17.9 Å². The lowest BCUT2D eigenvalue weighted by atomic mass is 10.1. The lowest BCUT2D eigenvalue weighted by molar-refractivity contribution is -0.700. The molecule has 88 valence electrons. The van der Waals surface area contributed by atoms with E-state index in [2.05, 4.69) is 37.5 Å². The fourth-order valence-electron chi connectivity index (χ4n) is 2.18. The number of aromatic nitrogens is 1. The van der Waals surface area contributed by atoms with Crippen molar-refractivity contribution < 1.29 is 8.96 Å². The molecule has 0 radical (unpaired) electrons. The molecule has 0 amide bonds. The van der Waals surface area contributed by atoms with E-state index in [1.807, 2.05) is 12.1 Å². The predicted octanol–water partition coefficient (Wildman–Crippen LogP) is 3.09. The Kier molecular flexibility index (Phi) is 3.23. The zero-order valence-electron chi connectivity index (χ0n) is 10.5. The van der Waals surface area contributed by atoms with E-state index in [0.717, 1.165) is 17.0 Å². The molecule has 2 aromatic rings. The second-order valence-corrected chi connectivity index (χ2v) is 4.49. The molecule has 1 aromatic carbocycles. The van der Waals surface area contributed by atoms with Crippen molar-refractivity contribution in [2.75, 3.05) is 0 Å². The SMILES string of the molecule is Cc1cc(C)[n+](Cc2ccccc2F)c(C)c1. The molecule has 2 heteroatoms. The zero-order chi connectivity index (χ0) is 12.4. The molecule has 2 rings (SSSR count). The van der Waals surface area contributed by atoms with Crippen LogP contribution < -0.4 is 4.57 Å². The molecule has 0 aliphatic rings. The fourth-order valence-corrected chi connectivity index (χ4v) is 2.18. The molecule has 0 aliphatic heterocycles. The summed E-state index contributed by atoms with van der Waals surface area (Å²) in [6.45, 7) is 6.78. The number of aryl methyl sites for hydroxylation is 3. The number of hydrogen-bond donors (Lipinski definition) is 0. The van der Waals surface area contributed by atoms with Crippen LogP contribution >= 0.6 is 0 Å². The first-order chi connectivity index (χ1) is 8.08. The van der Waals surface area contributed by atoms with Crippen LogP contribution in [0.15, 0.2) is 36.4 Å². The van der Waals surface area contributed by atoms with Gasteiger partial charge in [0.05, 0.1) is 5.56 Å². The van der Waals surface area contributed by atoms with Gasteiger partial charge >= 0.3 is 0 Å². The van der Waals surface area contributed by atoms with Gasteiger partial charge in [0.25, 0.3) is 0 Å². The maximum atomic E-state index is 13.6. The van der Waals surface area contributed by atoms with Gasteiger partial charge in [0, 0.05) is 26.0 Å². The Hall–Kier alpha value is -1.70. The molecule has 0 saturated heterocycles. The van der Waals surface area contributed by atoms with E-state index >= 15 is 0 Å². The van der Waals surface area contributed by atoms with Gasteiger partial charge in [-0.15, -0.1) is 0 Å². The van der Waals surface area contributed by atoms with Gasteiger partial charge in [-0.1, -0.05) is 12.1 Å². The molecular formula is C15H17FN+. The molecule has 0 aliphatic carbocycles. The molecule has 0 spiro atoms. The smallest absolute Gasteiger partial charge is 0.179 e. The molecule has 0 saturated carbocycles. The standard InChI is InChI=1S/C15H17FN/c1-11-8-12(2)17(13(3)9-11)10-14-6-4-5-7-15(14)16/h4-9H,10H2,1-3H3/q+1. The van der Waals surface area contributed by atoms with Crippen molar-refractivity contribution in [3.63, 3.8) is 0 Å². The molecule has 0 unspecified atom stereocenters. The largest absolute Gasteiger partial charge is 0.206 e. The minimum atomic E-state index is -0.139. The van der Waals surface area contributed by atoms with Crippen LogP contribution in [0.25, 0.3) is 0 Å². The quantitative estimate of drug-likeness (QED) is 0.698. The summed E-state index contributed by atoms with van der Waals surface area (Å²) in [6.07, 6.45) is 0. The van der Waals surface area contributed by atoms with Crippen LogP contribution in [0.2, 0.25) is 0 Å². The number of pyridine rings is 1.